The van der Waals surface area contributed by atoms with Crippen molar-refractivity contribution in [3.05, 3.63) is 64.0 Å². The lowest BCUT2D eigenvalue weighted by molar-refractivity contribution is 0.102. The fourth-order valence-corrected chi connectivity index (χ4v) is 5.76. The lowest BCUT2D eigenvalue weighted by Gasteiger charge is -2.21. The van der Waals surface area contributed by atoms with E-state index in [1.165, 1.54) is 33.0 Å². The maximum absolute atomic E-state index is 12.7. The molecule has 1 unspecified atom stereocenters. The molecule has 0 fully saturated rings. The van der Waals surface area contributed by atoms with E-state index in [4.69, 9.17) is 0 Å². The van der Waals surface area contributed by atoms with Crippen molar-refractivity contribution in [2.24, 2.45) is 0 Å². The highest BCUT2D eigenvalue weighted by Crippen LogP contribution is 2.35. The number of anilines is 2. The van der Waals surface area contributed by atoms with Crippen LogP contribution in [0.5, 0.6) is 0 Å². The highest BCUT2D eigenvalue weighted by atomic mass is 32.2. The van der Waals surface area contributed by atoms with Crippen molar-refractivity contribution in [2.45, 2.75) is 33.2 Å². The Morgan fingerprint density at radius 3 is 2.63 bits per heavy atom. The van der Waals surface area contributed by atoms with Crippen LogP contribution >= 0.6 is 11.3 Å². The Hall–Kier alpha value is -2.71. The van der Waals surface area contributed by atoms with Crippen LogP contribution in [0, 0.1) is 13.8 Å². The lowest BCUT2D eigenvalue weighted by atomic mass is 10.1. The molecule has 0 bridgehead atoms. The van der Waals surface area contributed by atoms with E-state index in [9.17, 15) is 13.2 Å². The number of fused-ring (bicyclic) bond motifs is 1. The number of aryl methyl sites for hydroxylation is 2. The van der Waals surface area contributed by atoms with E-state index in [1.807, 2.05) is 18.4 Å². The Morgan fingerprint density at radius 1 is 1.17 bits per heavy atom. The molecule has 1 N–H and O–H groups in total. The Balaban J connectivity index is 1.54. The van der Waals surface area contributed by atoms with Gasteiger partial charge in [-0.15, -0.1) is 11.3 Å². The molecule has 1 aliphatic heterocycles. The standard InChI is InChI=1S/C22H23N3O3S2/c1-13-5-6-16(9-14(13)2)19-12-29-22(23-19)24-21(26)17-7-8-20-18(11-17)10-15(3)25(20)30(4,27)28/h5-9,11-12,15H,10H2,1-4H3,(H,23,24,26). The average molecular weight is 442 g/mol. The predicted octanol–water partition coefficient (Wildman–Crippen LogP) is 4.39. The van der Waals surface area contributed by atoms with E-state index in [0.717, 1.165) is 16.8 Å². The van der Waals surface area contributed by atoms with E-state index in [-0.39, 0.29) is 11.9 Å². The zero-order valence-electron chi connectivity index (χ0n) is 17.3. The fraction of sp³-hybridized carbons (Fsp3) is 0.273. The molecular weight excluding hydrogens is 418 g/mol. The van der Waals surface area contributed by atoms with Crippen LogP contribution in [0.1, 0.15) is 34.0 Å². The highest BCUT2D eigenvalue weighted by molar-refractivity contribution is 7.92. The molecule has 6 nitrogen and oxygen atoms in total. The number of carbonyl (C=O) groups is 1. The van der Waals surface area contributed by atoms with Gasteiger partial charge in [0.05, 0.1) is 17.6 Å². The first kappa shape index (κ1) is 20.6. The number of rotatable bonds is 4. The summed E-state index contributed by atoms with van der Waals surface area (Å²) in [6, 6.07) is 11.1. The monoisotopic (exact) mass is 441 g/mol. The van der Waals surface area contributed by atoms with Crippen LogP contribution in [0.2, 0.25) is 0 Å². The molecule has 3 aromatic rings. The number of aromatic nitrogens is 1. The largest absolute Gasteiger partial charge is 0.298 e. The van der Waals surface area contributed by atoms with Gasteiger partial charge in [0.15, 0.2) is 5.13 Å². The Kier molecular flexibility index (Phi) is 5.15. The number of hydrogen-bond donors (Lipinski definition) is 1. The minimum Gasteiger partial charge on any atom is -0.298 e. The van der Waals surface area contributed by atoms with Crippen molar-refractivity contribution >= 4 is 38.1 Å². The normalized spacial score (nSPS) is 15.9. The van der Waals surface area contributed by atoms with Crippen molar-refractivity contribution in [2.75, 3.05) is 15.9 Å². The van der Waals surface area contributed by atoms with Gasteiger partial charge in [-0.05, 0) is 68.1 Å². The Morgan fingerprint density at radius 2 is 1.93 bits per heavy atom. The molecule has 0 saturated carbocycles. The number of nitrogens with one attached hydrogen (secondary N) is 1. The minimum absolute atomic E-state index is 0.159. The Bertz CT molecular complexity index is 1250. The summed E-state index contributed by atoms with van der Waals surface area (Å²) in [5, 5.41) is 5.31. The molecule has 1 amide bonds. The molecule has 30 heavy (non-hydrogen) atoms. The van der Waals surface area contributed by atoms with E-state index in [2.05, 4.69) is 36.3 Å². The predicted molar refractivity (Wildman–Crippen MR) is 122 cm³/mol. The van der Waals surface area contributed by atoms with E-state index >= 15 is 0 Å². The summed E-state index contributed by atoms with van der Waals surface area (Å²) in [6.45, 7) is 6.00. The summed E-state index contributed by atoms with van der Waals surface area (Å²) in [7, 11) is -3.35. The van der Waals surface area contributed by atoms with Crippen LogP contribution in [-0.4, -0.2) is 31.6 Å². The van der Waals surface area contributed by atoms with Gasteiger partial charge in [0.2, 0.25) is 10.0 Å². The first-order valence-electron chi connectivity index (χ1n) is 9.60. The van der Waals surface area contributed by atoms with E-state index in [0.29, 0.717) is 22.8 Å². The zero-order chi connectivity index (χ0) is 21.6. The maximum Gasteiger partial charge on any atom is 0.257 e. The number of carbonyl (C=O) groups excluding carboxylic acids is 1. The summed E-state index contributed by atoms with van der Waals surface area (Å²) in [6.07, 6.45) is 1.78. The van der Waals surface area contributed by atoms with Gasteiger partial charge in [0, 0.05) is 22.5 Å². The van der Waals surface area contributed by atoms with Gasteiger partial charge in [0.1, 0.15) is 0 Å². The average Bonchev–Trinajstić information content (AvgIpc) is 3.26. The minimum atomic E-state index is -3.35. The van der Waals surface area contributed by atoms with Crippen LogP contribution in [0.3, 0.4) is 0 Å². The fourth-order valence-electron chi connectivity index (χ4n) is 3.78. The van der Waals surface area contributed by atoms with Crippen LogP contribution in [0.25, 0.3) is 11.3 Å². The molecule has 8 heteroatoms. The number of hydrogen-bond acceptors (Lipinski definition) is 5. The molecule has 156 valence electrons. The van der Waals surface area contributed by atoms with Crippen LogP contribution in [-0.2, 0) is 16.4 Å². The molecular formula is C22H23N3O3S2. The maximum atomic E-state index is 12.7. The van der Waals surface area contributed by atoms with Crippen LogP contribution in [0.15, 0.2) is 41.8 Å². The topological polar surface area (TPSA) is 79.4 Å². The SMILES string of the molecule is Cc1ccc(-c2csc(NC(=O)c3ccc4c(c3)CC(C)N4S(C)(=O)=O)n2)cc1C. The van der Waals surface area contributed by atoms with Crippen molar-refractivity contribution in [3.63, 3.8) is 0 Å². The molecule has 2 aromatic carbocycles. The van der Waals surface area contributed by atoms with Crippen molar-refractivity contribution < 1.29 is 13.2 Å². The molecule has 4 rings (SSSR count). The van der Waals surface area contributed by atoms with Crippen molar-refractivity contribution in [3.8, 4) is 11.3 Å². The van der Waals surface area contributed by atoms with E-state index in [1.54, 1.807) is 18.2 Å². The number of thiazole rings is 1. The molecule has 0 spiro atoms. The van der Waals surface area contributed by atoms with Gasteiger partial charge in [-0.2, -0.15) is 0 Å². The van der Waals surface area contributed by atoms with Gasteiger partial charge in [-0.1, -0.05) is 12.1 Å². The van der Waals surface area contributed by atoms with Crippen molar-refractivity contribution in [1.82, 2.24) is 4.98 Å². The number of sulfonamides is 1. The number of nitrogens with zero attached hydrogens (tertiary/aromatic N) is 2. The quantitative estimate of drug-likeness (QED) is 0.651. The van der Waals surface area contributed by atoms with Gasteiger partial charge < -0.3 is 0 Å². The lowest BCUT2D eigenvalue weighted by Crippen LogP contribution is -2.34. The second-order valence-electron chi connectivity index (χ2n) is 7.75. The molecule has 0 aliphatic carbocycles. The number of amides is 1. The van der Waals surface area contributed by atoms with E-state index < -0.39 is 10.0 Å². The summed E-state index contributed by atoms with van der Waals surface area (Å²) in [5.41, 5.74) is 6.25. The van der Waals surface area contributed by atoms with Gasteiger partial charge >= 0.3 is 0 Å². The molecule has 1 atom stereocenters. The third kappa shape index (κ3) is 3.85. The van der Waals surface area contributed by atoms with Crippen molar-refractivity contribution in [1.29, 1.82) is 0 Å². The van der Waals surface area contributed by atoms with Crippen LogP contribution in [0.4, 0.5) is 10.8 Å². The zero-order valence-corrected chi connectivity index (χ0v) is 18.9. The molecule has 1 aliphatic rings. The second kappa shape index (κ2) is 7.52. The second-order valence-corrected chi connectivity index (χ2v) is 10.5. The number of benzene rings is 2. The first-order chi connectivity index (χ1) is 14.1. The van der Waals surface area contributed by atoms with Crippen LogP contribution < -0.4 is 9.62 Å². The summed E-state index contributed by atoms with van der Waals surface area (Å²) < 4.78 is 25.5. The third-order valence-electron chi connectivity index (χ3n) is 5.38. The summed E-state index contributed by atoms with van der Waals surface area (Å²) in [5.74, 6) is -0.260. The highest BCUT2D eigenvalue weighted by Gasteiger charge is 2.32. The third-order valence-corrected chi connectivity index (χ3v) is 7.41. The molecule has 2 heterocycles. The van der Waals surface area contributed by atoms with Gasteiger partial charge in [0.25, 0.3) is 5.91 Å². The van der Waals surface area contributed by atoms with Gasteiger partial charge in [-0.3, -0.25) is 14.4 Å². The summed E-state index contributed by atoms with van der Waals surface area (Å²) >= 11 is 1.38. The summed E-state index contributed by atoms with van der Waals surface area (Å²) in [4.78, 5) is 17.3. The molecule has 1 aromatic heterocycles. The Labute approximate surface area is 180 Å². The van der Waals surface area contributed by atoms with Gasteiger partial charge in [-0.25, -0.2) is 13.4 Å². The first-order valence-corrected chi connectivity index (χ1v) is 12.3. The molecule has 0 saturated heterocycles. The molecule has 0 radical (unpaired) electrons. The smallest absolute Gasteiger partial charge is 0.257 e.